The van der Waals surface area contributed by atoms with E-state index in [9.17, 15) is 8.42 Å². The second-order valence-electron chi connectivity index (χ2n) is 3.35. The van der Waals surface area contributed by atoms with Crippen LogP contribution in [0.5, 0.6) is 0 Å². The quantitative estimate of drug-likeness (QED) is 0.835. The summed E-state index contributed by atoms with van der Waals surface area (Å²) in [7, 11) is -3.35. The lowest BCUT2D eigenvalue weighted by Crippen LogP contribution is -2.33. The number of hydrogen-bond acceptors (Lipinski definition) is 3. The van der Waals surface area contributed by atoms with Gasteiger partial charge in [0, 0.05) is 9.62 Å². The van der Waals surface area contributed by atoms with Crippen LogP contribution >= 0.6 is 33.9 Å². The lowest BCUT2D eigenvalue weighted by atomic mass is 10.1. The van der Waals surface area contributed by atoms with E-state index in [1.807, 2.05) is 18.2 Å². The van der Waals surface area contributed by atoms with Gasteiger partial charge in [0.25, 0.3) is 10.0 Å². The molecule has 0 amide bonds. The van der Waals surface area contributed by atoms with Crippen LogP contribution in [0.4, 0.5) is 0 Å². The maximum Gasteiger partial charge on any atom is 0.250 e. The molecule has 1 aromatic rings. The molecule has 1 atom stereocenters. The van der Waals surface area contributed by atoms with Gasteiger partial charge in [-0.2, -0.15) is 0 Å². The Hall–Kier alpha value is -0.180. The molecule has 0 saturated carbocycles. The Morgan fingerprint density at radius 1 is 1.50 bits per heavy atom. The van der Waals surface area contributed by atoms with Crippen molar-refractivity contribution in [1.29, 1.82) is 0 Å². The predicted octanol–water partition coefficient (Wildman–Crippen LogP) is 2.67. The Balaban J connectivity index is 2.14. The molecule has 1 unspecified atom stereocenters. The van der Waals surface area contributed by atoms with Gasteiger partial charge in [0.1, 0.15) is 4.21 Å². The highest BCUT2D eigenvalue weighted by molar-refractivity contribution is 14.1. The van der Waals surface area contributed by atoms with E-state index in [2.05, 4.69) is 27.3 Å². The minimum absolute atomic E-state index is 0.135. The van der Waals surface area contributed by atoms with Gasteiger partial charge in [0.05, 0.1) is 0 Å². The van der Waals surface area contributed by atoms with Gasteiger partial charge in [0.15, 0.2) is 0 Å². The second-order valence-corrected chi connectivity index (χ2v) is 7.48. The lowest BCUT2D eigenvalue weighted by molar-refractivity contribution is 0.573. The SMILES string of the molecule is O=S(=O)(NC1C=C(I)C=CC1)c1cccs1. The van der Waals surface area contributed by atoms with E-state index < -0.39 is 10.0 Å². The number of halogens is 1. The number of nitrogens with one attached hydrogen (secondary N) is 1. The standard InChI is InChI=1S/C10H10INO2S2/c11-8-3-1-4-9(7-8)12-16(13,14)10-5-2-6-15-10/h1-3,5-7,9,12H,4H2. The molecule has 2 rings (SSSR count). The van der Waals surface area contributed by atoms with Crippen molar-refractivity contribution < 1.29 is 8.42 Å². The molecule has 86 valence electrons. The number of allylic oxidation sites excluding steroid dienone is 2. The van der Waals surface area contributed by atoms with Crippen molar-refractivity contribution in [2.75, 3.05) is 0 Å². The van der Waals surface area contributed by atoms with Crippen LogP contribution < -0.4 is 4.72 Å². The molecule has 1 heterocycles. The van der Waals surface area contributed by atoms with Gasteiger partial charge in [-0.1, -0.05) is 24.3 Å². The Bertz CT molecular complexity index is 517. The van der Waals surface area contributed by atoms with Crippen LogP contribution in [0.15, 0.2) is 43.5 Å². The van der Waals surface area contributed by atoms with Crippen LogP contribution in [-0.2, 0) is 10.0 Å². The molecule has 0 saturated heterocycles. The van der Waals surface area contributed by atoms with E-state index in [-0.39, 0.29) is 6.04 Å². The zero-order valence-electron chi connectivity index (χ0n) is 8.26. The van der Waals surface area contributed by atoms with Crippen LogP contribution in [0, 0.1) is 0 Å². The molecule has 0 aliphatic heterocycles. The Kier molecular flexibility index (Phi) is 3.83. The normalized spacial score (nSPS) is 20.8. The molecule has 16 heavy (non-hydrogen) atoms. The third-order valence-electron chi connectivity index (χ3n) is 2.09. The lowest BCUT2D eigenvalue weighted by Gasteiger charge is -2.15. The van der Waals surface area contributed by atoms with Crippen molar-refractivity contribution in [1.82, 2.24) is 4.72 Å². The monoisotopic (exact) mass is 367 g/mol. The highest BCUT2D eigenvalue weighted by Crippen LogP contribution is 2.20. The second kappa shape index (κ2) is 4.99. The van der Waals surface area contributed by atoms with Crippen molar-refractivity contribution in [3.63, 3.8) is 0 Å². The first-order valence-electron chi connectivity index (χ1n) is 4.67. The molecule has 6 heteroatoms. The van der Waals surface area contributed by atoms with Crippen molar-refractivity contribution in [3.8, 4) is 0 Å². The summed E-state index contributed by atoms with van der Waals surface area (Å²) >= 11 is 3.41. The molecule has 1 N–H and O–H groups in total. The van der Waals surface area contributed by atoms with Crippen molar-refractivity contribution in [3.05, 3.63) is 39.3 Å². The summed E-state index contributed by atoms with van der Waals surface area (Å²) in [6, 6.07) is 3.21. The van der Waals surface area contributed by atoms with Gasteiger partial charge in [-0.15, -0.1) is 11.3 Å². The first-order chi connectivity index (χ1) is 7.58. The Morgan fingerprint density at radius 2 is 2.31 bits per heavy atom. The molecular weight excluding hydrogens is 357 g/mol. The summed E-state index contributed by atoms with van der Waals surface area (Å²) in [5, 5.41) is 1.76. The zero-order valence-corrected chi connectivity index (χ0v) is 12.1. The summed E-state index contributed by atoms with van der Waals surface area (Å²) in [6.45, 7) is 0. The van der Waals surface area contributed by atoms with E-state index in [1.165, 1.54) is 11.3 Å². The molecule has 1 aliphatic carbocycles. The smallest absolute Gasteiger partial charge is 0.206 e. The van der Waals surface area contributed by atoms with Gasteiger partial charge < -0.3 is 0 Å². The van der Waals surface area contributed by atoms with E-state index in [4.69, 9.17) is 0 Å². The average Bonchev–Trinajstić information content (AvgIpc) is 2.69. The number of thiophene rings is 1. The molecule has 1 aromatic heterocycles. The summed E-state index contributed by atoms with van der Waals surface area (Å²) in [6.07, 6.45) is 6.59. The summed E-state index contributed by atoms with van der Waals surface area (Å²) in [4.78, 5) is 0. The van der Waals surface area contributed by atoms with Crippen molar-refractivity contribution in [2.45, 2.75) is 16.7 Å². The first kappa shape index (κ1) is 12.3. The Labute approximate surface area is 112 Å². The first-order valence-corrected chi connectivity index (χ1v) is 8.12. The number of rotatable bonds is 3. The van der Waals surface area contributed by atoms with Gasteiger partial charge in [-0.25, -0.2) is 13.1 Å². The fourth-order valence-corrected chi connectivity index (χ4v) is 4.29. The molecule has 0 spiro atoms. The van der Waals surface area contributed by atoms with Crippen LogP contribution in [0.3, 0.4) is 0 Å². The maximum atomic E-state index is 11.9. The topological polar surface area (TPSA) is 46.2 Å². The highest BCUT2D eigenvalue weighted by atomic mass is 127. The van der Waals surface area contributed by atoms with Crippen molar-refractivity contribution >= 4 is 44.0 Å². The van der Waals surface area contributed by atoms with Crippen LogP contribution in [0.2, 0.25) is 0 Å². The average molecular weight is 367 g/mol. The van der Waals surface area contributed by atoms with E-state index in [0.717, 1.165) is 3.58 Å². The molecule has 3 nitrogen and oxygen atoms in total. The summed E-state index contributed by atoms with van der Waals surface area (Å²) in [5.41, 5.74) is 0. The van der Waals surface area contributed by atoms with Gasteiger partial charge >= 0.3 is 0 Å². The largest absolute Gasteiger partial charge is 0.250 e. The molecule has 0 bridgehead atoms. The van der Waals surface area contributed by atoms with Gasteiger partial charge in [0.2, 0.25) is 0 Å². The van der Waals surface area contributed by atoms with Crippen LogP contribution in [0.25, 0.3) is 0 Å². The van der Waals surface area contributed by atoms with E-state index in [1.54, 1.807) is 17.5 Å². The number of sulfonamides is 1. The van der Waals surface area contributed by atoms with Gasteiger partial charge in [-0.3, -0.25) is 0 Å². The van der Waals surface area contributed by atoms with Crippen molar-refractivity contribution in [2.24, 2.45) is 0 Å². The third-order valence-corrected chi connectivity index (χ3v) is 5.70. The minimum Gasteiger partial charge on any atom is -0.206 e. The summed E-state index contributed by atoms with van der Waals surface area (Å²) < 4.78 is 27.9. The molecule has 0 radical (unpaired) electrons. The van der Waals surface area contributed by atoms with Crippen LogP contribution in [-0.4, -0.2) is 14.5 Å². The van der Waals surface area contributed by atoms with E-state index >= 15 is 0 Å². The fraction of sp³-hybridized carbons (Fsp3) is 0.200. The van der Waals surface area contributed by atoms with E-state index in [0.29, 0.717) is 10.6 Å². The number of hydrogen-bond donors (Lipinski definition) is 1. The Morgan fingerprint density at radius 3 is 2.94 bits per heavy atom. The minimum atomic E-state index is -3.35. The van der Waals surface area contributed by atoms with Gasteiger partial charge in [-0.05, 0) is 40.5 Å². The fourth-order valence-electron chi connectivity index (χ4n) is 1.40. The molecule has 1 aliphatic rings. The maximum absolute atomic E-state index is 11.9. The summed E-state index contributed by atoms with van der Waals surface area (Å²) in [5.74, 6) is 0. The molecule has 0 fully saturated rings. The molecular formula is C10H10INO2S2. The zero-order chi connectivity index (χ0) is 11.6. The molecule has 0 aromatic carbocycles. The highest BCUT2D eigenvalue weighted by Gasteiger charge is 2.19. The van der Waals surface area contributed by atoms with Crippen LogP contribution in [0.1, 0.15) is 6.42 Å². The predicted molar refractivity (Wildman–Crippen MR) is 74.3 cm³/mol. The third kappa shape index (κ3) is 2.93.